The van der Waals surface area contributed by atoms with Gasteiger partial charge in [-0.25, -0.2) is 4.79 Å². The third-order valence-electron chi connectivity index (χ3n) is 6.10. The summed E-state index contributed by atoms with van der Waals surface area (Å²) in [6, 6.07) is -0.682. The Morgan fingerprint density at radius 1 is 0.553 bits per heavy atom. The topological polar surface area (TPSA) is 261 Å². The fourth-order valence-electron chi connectivity index (χ4n) is 3.67. The van der Waals surface area contributed by atoms with Gasteiger partial charge in [-0.1, -0.05) is 0 Å². The summed E-state index contributed by atoms with van der Waals surface area (Å²) in [5.74, 6) is -1.43. The molecule has 5 amide bonds. The average Bonchev–Trinajstić information content (AvgIpc) is 3.04. The van der Waals surface area contributed by atoms with Crippen molar-refractivity contribution in [3.63, 3.8) is 0 Å². The standard InChI is InChI=1S/C29H55N7O11/c1-23(37)24(4-2-3-10-32-25(38)5-6-26(39)33-11-15-44-19-18-43-14-9-30)36-28(41)8-7-27(40)34-12-16-45-20-21-46-17-13-35-29(42)47-22-31/h24H,2-22,30-31H2,1H3,(H,32,38)(H,33,39)(H,34,40)(H,35,42)(H,36,41)/t24-/m0/s1. The molecule has 47 heavy (non-hydrogen) atoms. The van der Waals surface area contributed by atoms with Gasteiger partial charge in [0, 0.05) is 58.4 Å². The van der Waals surface area contributed by atoms with E-state index in [9.17, 15) is 28.8 Å². The summed E-state index contributed by atoms with van der Waals surface area (Å²) in [6.07, 6.45) is 0.940. The number of Topliss-reactive ketones (excluding diaryl/α,β-unsaturated/α-hetero) is 1. The van der Waals surface area contributed by atoms with E-state index >= 15 is 0 Å². The minimum atomic E-state index is -0.682. The second-order valence-electron chi connectivity index (χ2n) is 10.0. The van der Waals surface area contributed by atoms with Crippen LogP contribution in [0.1, 0.15) is 51.9 Å². The lowest BCUT2D eigenvalue weighted by molar-refractivity contribution is -0.129. The number of carbonyl (C=O) groups excluding carboxylic acids is 6. The van der Waals surface area contributed by atoms with Crippen LogP contribution in [0.4, 0.5) is 4.79 Å². The van der Waals surface area contributed by atoms with Gasteiger partial charge in [0.05, 0.1) is 58.9 Å². The van der Waals surface area contributed by atoms with E-state index in [0.717, 1.165) is 0 Å². The minimum Gasteiger partial charge on any atom is -0.434 e. The summed E-state index contributed by atoms with van der Waals surface area (Å²) in [5, 5.41) is 13.2. The molecule has 0 saturated carbocycles. The molecule has 0 aliphatic heterocycles. The minimum absolute atomic E-state index is 0.0396. The number of amides is 5. The van der Waals surface area contributed by atoms with Crippen LogP contribution in [0.25, 0.3) is 0 Å². The molecule has 0 aliphatic carbocycles. The van der Waals surface area contributed by atoms with Crippen molar-refractivity contribution in [3.05, 3.63) is 0 Å². The van der Waals surface area contributed by atoms with Crippen LogP contribution in [0.2, 0.25) is 0 Å². The van der Waals surface area contributed by atoms with Gasteiger partial charge in [0.1, 0.15) is 6.73 Å². The number of unbranched alkanes of at least 4 members (excludes halogenated alkanes) is 1. The fraction of sp³-hybridized carbons (Fsp3) is 0.793. The molecular weight excluding hydrogens is 622 g/mol. The number of rotatable bonds is 31. The maximum atomic E-state index is 12.3. The molecule has 0 aliphatic rings. The van der Waals surface area contributed by atoms with Gasteiger partial charge >= 0.3 is 6.09 Å². The SMILES string of the molecule is CC(=O)[C@H](CCCCNC(=O)CCC(=O)NCCOCCOCCN)NC(=O)CCC(=O)NCCOCCOCCNC(=O)OCN. The van der Waals surface area contributed by atoms with Gasteiger partial charge in [-0.2, -0.15) is 0 Å². The first-order chi connectivity index (χ1) is 22.7. The van der Waals surface area contributed by atoms with Crippen molar-refractivity contribution < 1.29 is 52.5 Å². The van der Waals surface area contributed by atoms with Crippen LogP contribution in [0.5, 0.6) is 0 Å². The highest BCUT2D eigenvalue weighted by atomic mass is 16.6. The summed E-state index contributed by atoms with van der Waals surface area (Å²) in [7, 11) is 0. The molecule has 0 rings (SSSR count). The zero-order valence-corrected chi connectivity index (χ0v) is 27.6. The Hall–Kier alpha value is -3.42. The molecule has 18 nitrogen and oxygen atoms in total. The summed E-state index contributed by atoms with van der Waals surface area (Å²) >= 11 is 0. The van der Waals surface area contributed by atoms with Gasteiger partial charge in [-0.15, -0.1) is 0 Å². The molecule has 9 N–H and O–H groups in total. The third kappa shape index (κ3) is 29.7. The maximum Gasteiger partial charge on any atom is 0.408 e. The van der Waals surface area contributed by atoms with Crippen LogP contribution in [-0.2, 0) is 47.7 Å². The Morgan fingerprint density at radius 2 is 1.00 bits per heavy atom. The first-order valence-electron chi connectivity index (χ1n) is 15.9. The maximum absolute atomic E-state index is 12.3. The van der Waals surface area contributed by atoms with E-state index in [0.29, 0.717) is 78.5 Å². The van der Waals surface area contributed by atoms with Crippen LogP contribution >= 0.6 is 0 Å². The Bertz CT molecular complexity index is 897. The monoisotopic (exact) mass is 677 g/mol. The van der Waals surface area contributed by atoms with E-state index in [-0.39, 0.29) is 82.2 Å². The number of hydrogen-bond acceptors (Lipinski definition) is 13. The smallest absolute Gasteiger partial charge is 0.408 e. The molecule has 0 fully saturated rings. The van der Waals surface area contributed by atoms with Crippen molar-refractivity contribution in [1.29, 1.82) is 0 Å². The molecule has 18 heteroatoms. The molecule has 0 radical (unpaired) electrons. The van der Waals surface area contributed by atoms with Crippen LogP contribution in [0.15, 0.2) is 0 Å². The van der Waals surface area contributed by atoms with Gasteiger partial charge < -0.3 is 56.0 Å². The second kappa shape index (κ2) is 31.2. The molecule has 0 aromatic heterocycles. The van der Waals surface area contributed by atoms with E-state index < -0.39 is 18.0 Å². The first-order valence-corrected chi connectivity index (χ1v) is 15.9. The van der Waals surface area contributed by atoms with Gasteiger partial charge in [0.15, 0.2) is 5.78 Å². The van der Waals surface area contributed by atoms with Crippen LogP contribution < -0.4 is 38.1 Å². The van der Waals surface area contributed by atoms with Crippen LogP contribution in [0, 0.1) is 0 Å². The quantitative estimate of drug-likeness (QED) is 0.0304. The number of ether oxygens (including phenoxy) is 5. The molecule has 0 spiro atoms. The Morgan fingerprint density at radius 3 is 1.47 bits per heavy atom. The third-order valence-corrected chi connectivity index (χ3v) is 6.10. The van der Waals surface area contributed by atoms with Gasteiger partial charge in [-0.3, -0.25) is 29.7 Å². The normalized spacial score (nSPS) is 11.3. The lowest BCUT2D eigenvalue weighted by Crippen LogP contribution is -2.40. The fourth-order valence-corrected chi connectivity index (χ4v) is 3.67. The van der Waals surface area contributed by atoms with E-state index in [1.807, 2.05) is 0 Å². The van der Waals surface area contributed by atoms with Crippen molar-refractivity contribution in [2.45, 2.75) is 57.9 Å². The Balaban J connectivity index is 3.83. The predicted octanol–water partition coefficient (Wildman–Crippen LogP) is -2.19. The molecular formula is C29H55N7O11. The van der Waals surface area contributed by atoms with Crippen LogP contribution in [-0.4, -0.2) is 134 Å². The molecule has 0 unspecified atom stereocenters. The largest absolute Gasteiger partial charge is 0.434 e. The number of carbonyl (C=O) groups is 6. The van der Waals surface area contributed by atoms with Crippen molar-refractivity contribution >= 4 is 35.5 Å². The number of hydrogen-bond donors (Lipinski definition) is 7. The Kier molecular flexibility index (Phi) is 28.9. The average molecular weight is 678 g/mol. The number of nitrogens with one attached hydrogen (secondary N) is 5. The number of nitrogens with two attached hydrogens (primary N) is 2. The predicted molar refractivity (Wildman–Crippen MR) is 170 cm³/mol. The van der Waals surface area contributed by atoms with Crippen molar-refractivity contribution in [1.82, 2.24) is 26.6 Å². The molecule has 0 bridgehead atoms. The summed E-state index contributed by atoms with van der Waals surface area (Å²) < 4.78 is 25.6. The molecule has 1 atom stereocenters. The van der Waals surface area contributed by atoms with Crippen molar-refractivity contribution in [2.24, 2.45) is 11.5 Å². The summed E-state index contributed by atoms with van der Waals surface area (Å²) in [5.41, 5.74) is 10.4. The Labute approximate surface area is 276 Å². The highest BCUT2D eigenvalue weighted by Gasteiger charge is 2.17. The molecule has 0 heterocycles. The van der Waals surface area contributed by atoms with Gasteiger partial charge in [0.25, 0.3) is 0 Å². The summed E-state index contributed by atoms with van der Waals surface area (Å²) in [4.78, 5) is 71.2. The van der Waals surface area contributed by atoms with Crippen LogP contribution in [0.3, 0.4) is 0 Å². The molecule has 0 aromatic carbocycles. The second-order valence-corrected chi connectivity index (χ2v) is 10.0. The van der Waals surface area contributed by atoms with E-state index in [2.05, 4.69) is 31.3 Å². The lowest BCUT2D eigenvalue weighted by Gasteiger charge is -2.16. The molecule has 0 aromatic rings. The highest BCUT2D eigenvalue weighted by molar-refractivity contribution is 5.89. The van der Waals surface area contributed by atoms with E-state index in [4.69, 9.17) is 30.4 Å². The molecule has 272 valence electrons. The van der Waals surface area contributed by atoms with Gasteiger partial charge in [0.2, 0.25) is 23.6 Å². The lowest BCUT2D eigenvalue weighted by atomic mass is 10.1. The highest BCUT2D eigenvalue weighted by Crippen LogP contribution is 2.03. The molecule has 0 saturated heterocycles. The van der Waals surface area contributed by atoms with Gasteiger partial charge in [-0.05, 0) is 26.2 Å². The summed E-state index contributed by atoms with van der Waals surface area (Å²) in [6.45, 7) is 5.68. The van der Waals surface area contributed by atoms with E-state index in [1.54, 1.807) is 0 Å². The van der Waals surface area contributed by atoms with Crippen molar-refractivity contribution in [3.8, 4) is 0 Å². The zero-order valence-electron chi connectivity index (χ0n) is 27.6. The first kappa shape index (κ1) is 43.6. The number of alkyl carbamates (subject to hydrolysis) is 1. The van der Waals surface area contributed by atoms with Crippen molar-refractivity contribution in [2.75, 3.05) is 92.3 Å². The van der Waals surface area contributed by atoms with E-state index in [1.165, 1.54) is 6.92 Å². The zero-order chi connectivity index (χ0) is 35.0. The number of ketones is 1.